The van der Waals surface area contributed by atoms with E-state index in [0.717, 1.165) is 28.1 Å². The molecule has 7 heteroatoms. The lowest BCUT2D eigenvalue weighted by molar-refractivity contribution is -0.130. The summed E-state index contributed by atoms with van der Waals surface area (Å²) in [5.41, 5.74) is 4.70. The predicted octanol–water partition coefficient (Wildman–Crippen LogP) is 4.90. The Kier molecular flexibility index (Phi) is 7.15. The summed E-state index contributed by atoms with van der Waals surface area (Å²) in [6, 6.07) is 21.5. The van der Waals surface area contributed by atoms with E-state index in [4.69, 9.17) is 4.42 Å². The molecule has 0 aliphatic carbocycles. The summed E-state index contributed by atoms with van der Waals surface area (Å²) in [5.74, 6) is 0.0613. The van der Waals surface area contributed by atoms with Crippen LogP contribution in [-0.2, 0) is 17.8 Å². The number of fused-ring (bicyclic) bond motifs is 1. The van der Waals surface area contributed by atoms with Crippen molar-refractivity contribution < 1.29 is 9.21 Å². The summed E-state index contributed by atoms with van der Waals surface area (Å²) < 4.78 is 5.52. The predicted molar refractivity (Wildman–Crippen MR) is 140 cm³/mol. The number of aryl methyl sites for hydroxylation is 2. The van der Waals surface area contributed by atoms with E-state index < -0.39 is 5.63 Å². The fourth-order valence-electron chi connectivity index (χ4n) is 4.20. The van der Waals surface area contributed by atoms with Crippen LogP contribution < -0.4 is 15.8 Å². The molecule has 0 bridgehead atoms. The average molecular weight is 471 g/mol. The molecule has 1 amide bonds. The van der Waals surface area contributed by atoms with Gasteiger partial charge < -0.3 is 19.5 Å². The summed E-state index contributed by atoms with van der Waals surface area (Å²) in [5, 5.41) is 3.62. The third-order valence-electron chi connectivity index (χ3n) is 6.07. The van der Waals surface area contributed by atoms with Crippen molar-refractivity contribution in [2.45, 2.75) is 26.3 Å². The molecule has 1 heterocycles. The number of anilines is 3. The Morgan fingerprint density at radius 1 is 0.971 bits per heavy atom. The number of carbonyl (C=O) groups is 1. The molecule has 0 atom stereocenters. The minimum absolute atomic E-state index is 0.0613. The second kappa shape index (κ2) is 10.4. The standard InChI is InChI=1S/C28H30N4O3/c1-19-24(31(2)3)16-15-23-26(19)27(34)35-28(30-23)29-22-13-9-8-12-21(22)14-17-25(33)32(4)18-20-10-6-5-7-11-20/h5-13,15-16H,14,17-18H2,1-4H3,(H,29,30). The number of benzene rings is 3. The molecule has 0 radical (unpaired) electrons. The molecule has 0 fully saturated rings. The number of hydrogen-bond acceptors (Lipinski definition) is 6. The van der Waals surface area contributed by atoms with Gasteiger partial charge in [0, 0.05) is 45.5 Å². The third-order valence-corrected chi connectivity index (χ3v) is 6.07. The van der Waals surface area contributed by atoms with Crippen molar-refractivity contribution in [2.24, 2.45) is 0 Å². The first-order chi connectivity index (χ1) is 16.8. The molecule has 0 aliphatic rings. The van der Waals surface area contributed by atoms with Crippen molar-refractivity contribution in [3.8, 4) is 0 Å². The lowest BCUT2D eigenvalue weighted by atomic mass is 10.1. The molecule has 0 saturated heterocycles. The zero-order valence-corrected chi connectivity index (χ0v) is 20.5. The molecule has 0 unspecified atom stereocenters. The van der Waals surface area contributed by atoms with E-state index in [1.807, 2.05) is 99.7 Å². The SMILES string of the molecule is Cc1c(N(C)C)ccc2nc(Nc3ccccc3CCC(=O)N(C)Cc3ccccc3)oc(=O)c12. The quantitative estimate of drug-likeness (QED) is 0.395. The van der Waals surface area contributed by atoms with Crippen LogP contribution >= 0.6 is 0 Å². The molecular weight excluding hydrogens is 440 g/mol. The van der Waals surface area contributed by atoms with Crippen molar-refractivity contribution in [1.29, 1.82) is 0 Å². The van der Waals surface area contributed by atoms with Crippen LogP contribution in [0.4, 0.5) is 17.4 Å². The maximum absolute atomic E-state index is 12.8. The Balaban J connectivity index is 1.50. The molecule has 35 heavy (non-hydrogen) atoms. The first-order valence-electron chi connectivity index (χ1n) is 11.6. The molecule has 1 N–H and O–H groups in total. The Hall–Kier alpha value is -4.13. The highest BCUT2D eigenvalue weighted by atomic mass is 16.4. The van der Waals surface area contributed by atoms with Gasteiger partial charge in [-0.2, -0.15) is 4.98 Å². The van der Waals surface area contributed by atoms with Gasteiger partial charge in [-0.15, -0.1) is 0 Å². The van der Waals surface area contributed by atoms with Crippen LogP contribution in [0.3, 0.4) is 0 Å². The summed E-state index contributed by atoms with van der Waals surface area (Å²) in [6.45, 7) is 2.46. The number of para-hydroxylation sites is 1. The summed E-state index contributed by atoms with van der Waals surface area (Å²) in [6.07, 6.45) is 0.911. The van der Waals surface area contributed by atoms with Gasteiger partial charge in [0.1, 0.15) is 0 Å². The Morgan fingerprint density at radius 3 is 2.43 bits per heavy atom. The van der Waals surface area contributed by atoms with E-state index in [-0.39, 0.29) is 11.9 Å². The van der Waals surface area contributed by atoms with Gasteiger partial charge in [0.05, 0.1) is 10.9 Å². The van der Waals surface area contributed by atoms with Crippen molar-refractivity contribution >= 4 is 34.2 Å². The Labute approximate surface area is 205 Å². The van der Waals surface area contributed by atoms with Crippen LogP contribution in [0.5, 0.6) is 0 Å². The van der Waals surface area contributed by atoms with Crippen molar-refractivity contribution in [2.75, 3.05) is 31.4 Å². The highest BCUT2D eigenvalue weighted by Gasteiger charge is 2.15. The van der Waals surface area contributed by atoms with Crippen molar-refractivity contribution in [3.63, 3.8) is 0 Å². The van der Waals surface area contributed by atoms with E-state index >= 15 is 0 Å². The second-order valence-electron chi connectivity index (χ2n) is 8.82. The normalized spacial score (nSPS) is 10.9. The summed E-state index contributed by atoms with van der Waals surface area (Å²) in [4.78, 5) is 33.7. The van der Waals surface area contributed by atoms with Crippen molar-refractivity contribution in [3.05, 3.63) is 93.8 Å². The van der Waals surface area contributed by atoms with Gasteiger partial charge in [0.15, 0.2) is 0 Å². The van der Waals surface area contributed by atoms with Gasteiger partial charge in [0.25, 0.3) is 0 Å². The molecule has 0 spiro atoms. The second-order valence-corrected chi connectivity index (χ2v) is 8.82. The number of hydrogen-bond donors (Lipinski definition) is 1. The van der Waals surface area contributed by atoms with E-state index in [2.05, 4.69) is 10.3 Å². The summed E-state index contributed by atoms with van der Waals surface area (Å²) >= 11 is 0. The van der Waals surface area contributed by atoms with E-state index in [0.29, 0.717) is 30.3 Å². The van der Waals surface area contributed by atoms with Gasteiger partial charge in [-0.3, -0.25) is 4.79 Å². The van der Waals surface area contributed by atoms with Crippen LogP contribution in [-0.4, -0.2) is 36.9 Å². The molecule has 4 aromatic rings. The van der Waals surface area contributed by atoms with Crippen LogP contribution in [0.1, 0.15) is 23.1 Å². The lowest BCUT2D eigenvalue weighted by Crippen LogP contribution is -2.26. The Bertz CT molecular complexity index is 1400. The van der Waals surface area contributed by atoms with Gasteiger partial charge in [-0.1, -0.05) is 48.5 Å². The van der Waals surface area contributed by atoms with Gasteiger partial charge in [-0.25, -0.2) is 4.79 Å². The molecule has 1 aromatic heterocycles. The van der Waals surface area contributed by atoms with Gasteiger partial charge in [0.2, 0.25) is 5.91 Å². The highest BCUT2D eigenvalue weighted by Crippen LogP contribution is 2.26. The average Bonchev–Trinajstić information content (AvgIpc) is 2.83. The van der Waals surface area contributed by atoms with Crippen LogP contribution in [0, 0.1) is 6.92 Å². The smallest absolute Gasteiger partial charge is 0.348 e. The highest BCUT2D eigenvalue weighted by molar-refractivity contribution is 5.87. The monoisotopic (exact) mass is 470 g/mol. The largest absolute Gasteiger partial charge is 0.388 e. The minimum atomic E-state index is -0.436. The molecule has 3 aromatic carbocycles. The van der Waals surface area contributed by atoms with E-state index in [9.17, 15) is 9.59 Å². The zero-order chi connectivity index (χ0) is 24.9. The maximum Gasteiger partial charge on any atom is 0.348 e. The number of nitrogens with zero attached hydrogens (tertiary/aromatic N) is 3. The fourth-order valence-corrected chi connectivity index (χ4v) is 4.20. The third kappa shape index (κ3) is 5.51. The number of nitrogens with one attached hydrogen (secondary N) is 1. The van der Waals surface area contributed by atoms with Crippen molar-refractivity contribution in [1.82, 2.24) is 9.88 Å². The lowest BCUT2D eigenvalue weighted by Gasteiger charge is -2.18. The number of rotatable bonds is 8. The van der Waals surface area contributed by atoms with E-state index in [1.165, 1.54) is 0 Å². The van der Waals surface area contributed by atoms with E-state index in [1.54, 1.807) is 4.90 Å². The first kappa shape index (κ1) is 24.0. The maximum atomic E-state index is 12.8. The summed E-state index contributed by atoms with van der Waals surface area (Å²) in [7, 11) is 5.68. The van der Waals surface area contributed by atoms with Gasteiger partial charge >= 0.3 is 11.6 Å². The van der Waals surface area contributed by atoms with Crippen LogP contribution in [0.25, 0.3) is 10.9 Å². The Morgan fingerprint density at radius 2 is 1.69 bits per heavy atom. The number of aromatic nitrogens is 1. The first-order valence-corrected chi connectivity index (χ1v) is 11.6. The fraction of sp³-hybridized carbons (Fsp3) is 0.250. The minimum Gasteiger partial charge on any atom is -0.388 e. The molecule has 4 rings (SSSR count). The van der Waals surface area contributed by atoms with Crippen LogP contribution in [0.2, 0.25) is 0 Å². The molecule has 7 nitrogen and oxygen atoms in total. The molecule has 0 saturated carbocycles. The zero-order valence-electron chi connectivity index (χ0n) is 20.5. The van der Waals surface area contributed by atoms with Crippen LogP contribution in [0.15, 0.2) is 75.9 Å². The topological polar surface area (TPSA) is 78.7 Å². The van der Waals surface area contributed by atoms with Gasteiger partial charge in [-0.05, 0) is 48.2 Å². The molecule has 180 valence electrons. The number of amides is 1. The molecule has 0 aliphatic heterocycles. The molecular formula is C28H30N4O3. The number of carbonyl (C=O) groups excluding carboxylic acids is 1.